The van der Waals surface area contributed by atoms with E-state index < -0.39 is 0 Å². The van der Waals surface area contributed by atoms with Crippen LogP contribution in [0.2, 0.25) is 0 Å². The average Bonchev–Trinajstić information content (AvgIpc) is 2.16. The minimum Gasteiger partial charge on any atom is -0.0984 e. The van der Waals surface area contributed by atoms with Crippen LogP contribution in [0.4, 0.5) is 0 Å². The smallest absolute Gasteiger partial charge is 0.0198 e. The molecule has 0 nitrogen and oxygen atoms in total. The van der Waals surface area contributed by atoms with E-state index in [9.17, 15) is 0 Å². The second kappa shape index (κ2) is 4.45. The Balaban J connectivity index is 3.40. The second-order valence-corrected chi connectivity index (χ2v) is 4.08. The van der Waals surface area contributed by atoms with Gasteiger partial charge in [0.2, 0.25) is 0 Å². The predicted molar refractivity (Wildman–Crippen MR) is 64.7 cm³/mol. The van der Waals surface area contributed by atoms with Crippen molar-refractivity contribution in [3.8, 4) is 0 Å². The van der Waals surface area contributed by atoms with Gasteiger partial charge in [-0.15, -0.1) is 0 Å². The first-order valence-corrected chi connectivity index (χ1v) is 5.36. The minimum absolute atomic E-state index is 0.601. The summed E-state index contributed by atoms with van der Waals surface area (Å²) in [6.07, 6.45) is 3.08. The summed E-state index contributed by atoms with van der Waals surface area (Å²) in [5, 5.41) is 0. The summed E-state index contributed by atoms with van der Waals surface area (Å²) in [5.41, 5.74) is 5.60. The van der Waals surface area contributed by atoms with Crippen molar-refractivity contribution in [3.63, 3.8) is 0 Å². The third-order valence-electron chi connectivity index (χ3n) is 2.79. The Hall–Kier alpha value is -1.04. The van der Waals surface area contributed by atoms with E-state index in [2.05, 4.69) is 46.4 Å². The highest BCUT2D eigenvalue weighted by molar-refractivity contribution is 5.59. The maximum Gasteiger partial charge on any atom is -0.0198 e. The first kappa shape index (κ1) is 11.0. The van der Waals surface area contributed by atoms with Crippen molar-refractivity contribution in [2.24, 2.45) is 0 Å². The van der Waals surface area contributed by atoms with Gasteiger partial charge in [-0.25, -0.2) is 0 Å². The zero-order valence-electron chi connectivity index (χ0n) is 9.72. The van der Waals surface area contributed by atoms with Crippen molar-refractivity contribution in [1.82, 2.24) is 0 Å². The normalized spacial score (nSPS) is 10.6. The zero-order valence-corrected chi connectivity index (χ0v) is 9.72. The van der Waals surface area contributed by atoms with Gasteiger partial charge < -0.3 is 0 Å². The minimum atomic E-state index is 0.601. The van der Waals surface area contributed by atoms with Crippen molar-refractivity contribution in [2.45, 2.75) is 40.0 Å². The monoisotopic (exact) mass is 188 g/mol. The summed E-state index contributed by atoms with van der Waals surface area (Å²) in [6.45, 7) is 12.8. The fourth-order valence-electron chi connectivity index (χ4n) is 2.02. The molecule has 76 valence electrons. The predicted octanol–water partition coefficient (Wildman–Crippen LogP) is 4.32. The van der Waals surface area contributed by atoms with Crippen LogP contribution < -0.4 is 0 Å². The Morgan fingerprint density at radius 1 is 1.36 bits per heavy atom. The molecule has 0 heterocycles. The molecule has 0 N–H and O–H groups in total. The number of rotatable bonds is 3. The molecule has 1 aromatic carbocycles. The first-order valence-electron chi connectivity index (χ1n) is 5.36. The Bertz CT molecular complexity index is 332. The van der Waals surface area contributed by atoms with Gasteiger partial charge in [0, 0.05) is 0 Å². The van der Waals surface area contributed by atoms with Crippen LogP contribution in [0.25, 0.3) is 6.08 Å². The van der Waals surface area contributed by atoms with E-state index in [1.54, 1.807) is 0 Å². The SMILES string of the molecule is C=Cc1c(C)ccc(C(C)C)c1CC. The summed E-state index contributed by atoms with van der Waals surface area (Å²) in [5.74, 6) is 0.601. The molecule has 0 amide bonds. The molecule has 0 heteroatoms. The standard InChI is InChI=1S/C14H20/c1-6-12-11(5)8-9-14(10(3)4)13(12)7-2/h6,8-10H,1,7H2,2-5H3. The molecule has 0 fully saturated rings. The molecule has 0 aliphatic rings. The van der Waals surface area contributed by atoms with Gasteiger partial charge >= 0.3 is 0 Å². The molecule has 0 atom stereocenters. The average molecular weight is 188 g/mol. The van der Waals surface area contributed by atoms with E-state index in [1.165, 1.54) is 22.3 Å². The molecule has 0 aromatic heterocycles. The summed E-state index contributed by atoms with van der Waals surface area (Å²) in [4.78, 5) is 0. The molecule has 0 bridgehead atoms. The van der Waals surface area contributed by atoms with Crippen LogP contribution in [0.5, 0.6) is 0 Å². The van der Waals surface area contributed by atoms with Crippen LogP contribution in [0.1, 0.15) is 48.9 Å². The topological polar surface area (TPSA) is 0 Å². The highest BCUT2D eigenvalue weighted by Crippen LogP contribution is 2.26. The maximum absolute atomic E-state index is 3.90. The van der Waals surface area contributed by atoms with Crippen LogP contribution in [0.15, 0.2) is 18.7 Å². The third kappa shape index (κ3) is 1.89. The Kier molecular flexibility index (Phi) is 3.51. The van der Waals surface area contributed by atoms with Gasteiger partial charge in [-0.1, -0.05) is 45.6 Å². The highest BCUT2D eigenvalue weighted by atomic mass is 14.1. The molecule has 14 heavy (non-hydrogen) atoms. The molecule has 0 radical (unpaired) electrons. The molecule has 0 unspecified atom stereocenters. The van der Waals surface area contributed by atoms with Gasteiger partial charge in [-0.05, 0) is 41.5 Å². The molecular weight excluding hydrogens is 168 g/mol. The lowest BCUT2D eigenvalue weighted by atomic mass is 9.89. The quantitative estimate of drug-likeness (QED) is 0.662. The summed E-state index contributed by atoms with van der Waals surface area (Å²) >= 11 is 0. The van der Waals surface area contributed by atoms with Gasteiger partial charge in [0.25, 0.3) is 0 Å². The fourth-order valence-corrected chi connectivity index (χ4v) is 2.02. The van der Waals surface area contributed by atoms with Crippen molar-refractivity contribution in [3.05, 3.63) is 41.0 Å². The molecule has 1 rings (SSSR count). The molecule has 0 saturated heterocycles. The lowest BCUT2D eigenvalue weighted by Gasteiger charge is -2.16. The summed E-state index contributed by atoms with van der Waals surface area (Å²) < 4.78 is 0. The van der Waals surface area contributed by atoms with Gasteiger partial charge in [0.1, 0.15) is 0 Å². The lowest BCUT2D eigenvalue weighted by Crippen LogP contribution is -1.99. The van der Waals surface area contributed by atoms with Crippen LogP contribution in [-0.2, 0) is 6.42 Å². The number of aryl methyl sites for hydroxylation is 1. The van der Waals surface area contributed by atoms with Crippen LogP contribution in [-0.4, -0.2) is 0 Å². The lowest BCUT2D eigenvalue weighted by molar-refractivity contribution is 0.842. The van der Waals surface area contributed by atoms with Gasteiger partial charge in [0.15, 0.2) is 0 Å². The highest BCUT2D eigenvalue weighted by Gasteiger charge is 2.09. The fraction of sp³-hybridized carbons (Fsp3) is 0.429. The second-order valence-electron chi connectivity index (χ2n) is 4.08. The van der Waals surface area contributed by atoms with Crippen molar-refractivity contribution in [2.75, 3.05) is 0 Å². The summed E-state index contributed by atoms with van der Waals surface area (Å²) in [7, 11) is 0. The van der Waals surface area contributed by atoms with Crippen LogP contribution >= 0.6 is 0 Å². The number of benzene rings is 1. The molecule has 0 aliphatic carbocycles. The van der Waals surface area contributed by atoms with E-state index in [1.807, 2.05) is 6.08 Å². The molecule has 0 saturated carbocycles. The molecule has 0 aliphatic heterocycles. The molecular formula is C14H20. The van der Waals surface area contributed by atoms with Crippen molar-refractivity contribution >= 4 is 6.08 Å². The van der Waals surface area contributed by atoms with Crippen molar-refractivity contribution < 1.29 is 0 Å². The van der Waals surface area contributed by atoms with E-state index in [4.69, 9.17) is 0 Å². The maximum atomic E-state index is 3.90. The van der Waals surface area contributed by atoms with E-state index >= 15 is 0 Å². The van der Waals surface area contributed by atoms with Crippen LogP contribution in [0, 0.1) is 6.92 Å². The number of hydrogen-bond acceptors (Lipinski definition) is 0. The Morgan fingerprint density at radius 2 is 2.00 bits per heavy atom. The zero-order chi connectivity index (χ0) is 10.7. The van der Waals surface area contributed by atoms with E-state index in [-0.39, 0.29) is 0 Å². The van der Waals surface area contributed by atoms with Gasteiger partial charge in [0.05, 0.1) is 0 Å². The number of hydrogen-bond donors (Lipinski definition) is 0. The third-order valence-corrected chi connectivity index (χ3v) is 2.79. The largest absolute Gasteiger partial charge is 0.0984 e. The van der Waals surface area contributed by atoms with Crippen LogP contribution in [0.3, 0.4) is 0 Å². The van der Waals surface area contributed by atoms with Gasteiger partial charge in [-0.2, -0.15) is 0 Å². The van der Waals surface area contributed by atoms with Gasteiger partial charge in [-0.3, -0.25) is 0 Å². The van der Waals surface area contributed by atoms with Crippen molar-refractivity contribution in [1.29, 1.82) is 0 Å². The molecule has 1 aromatic rings. The Labute approximate surface area is 87.7 Å². The van der Waals surface area contributed by atoms with E-state index in [0.29, 0.717) is 5.92 Å². The van der Waals surface area contributed by atoms with E-state index in [0.717, 1.165) is 6.42 Å². The molecule has 0 spiro atoms. The Morgan fingerprint density at radius 3 is 2.43 bits per heavy atom. The first-order chi connectivity index (χ1) is 6.61. The summed E-state index contributed by atoms with van der Waals surface area (Å²) in [6, 6.07) is 4.46.